The number of carbonyl (C=O) groups excluding carboxylic acids is 1. The lowest BCUT2D eigenvalue weighted by atomic mass is 10.0. The van der Waals surface area contributed by atoms with Crippen molar-refractivity contribution in [2.45, 2.75) is 13.5 Å². The zero-order chi connectivity index (χ0) is 17.2. The summed E-state index contributed by atoms with van der Waals surface area (Å²) in [6, 6.07) is 24.1. The third kappa shape index (κ3) is 3.26. The van der Waals surface area contributed by atoms with Gasteiger partial charge in [0.15, 0.2) is 11.9 Å². The van der Waals surface area contributed by atoms with E-state index < -0.39 is 0 Å². The van der Waals surface area contributed by atoms with Crippen molar-refractivity contribution in [2.75, 3.05) is 0 Å². The van der Waals surface area contributed by atoms with Crippen molar-refractivity contribution in [1.82, 2.24) is 4.40 Å². The minimum Gasteiger partial charge on any atom is -1.00 e. The molecule has 3 nitrogen and oxygen atoms in total. The molecule has 0 unspecified atom stereocenters. The smallest absolute Gasteiger partial charge is 0.244 e. The van der Waals surface area contributed by atoms with E-state index in [1.165, 1.54) is 0 Å². The van der Waals surface area contributed by atoms with Crippen LogP contribution in [0.15, 0.2) is 85.2 Å². The molecule has 0 aliphatic heterocycles. The van der Waals surface area contributed by atoms with Crippen LogP contribution in [-0.2, 0) is 6.54 Å². The van der Waals surface area contributed by atoms with Gasteiger partial charge in [-0.25, -0.2) is 0 Å². The third-order valence-corrected chi connectivity index (χ3v) is 4.51. The molecule has 3 aromatic heterocycles. The molecule has 4 rings (SSSR count). The molecule has 4 aromatic rings. The lowest BCUT2D eigenvalue weighted by Crippen LogP contribution is -3.00. The van der Waals surface area contributed by atoms with E-state index in [1.807, 2.05) is 95.0 Å². The second-order valence-electron chi connectivity index (χ2n) is 6.16. The molecular weight excluding hydrogens is 344 g/mol. The zero-order valence-corrected chi connectivity index (χ0v) is 15.2. The molecule has 0 atom stereocenters. The van der Waals surface area contributed by atoms with Gasteiger partial charge in [0, 0.05) is 36.3 Å². The first-order chi connectivity index (χ1) is 12.2. The molecule has 130 valence electrons. The summed E-state index contributed by atoms with van der Waals surface area (Å²) in [5, 5.41) is 0. The number of halogens is 1. The summed E-state index contributed by atoms with van der Waals surface area (Å²) in [6.07, 6.45) is 3.91. The van der Waals surface area contributed by atoms with Crippen molar-refractivity contribution in [2.24, 2.45) is 0 Å². The van der Waals surface area contributed by atoms with Crippen LogP contribution in [0.4, 0.5) is 0 Å². The highest BCUT2D eigenvalue weighted by molar-refractivity contribution is 6.02. The quantitative estimate of drug-likeness (QED) is 0.394. The number of rotatable bonds is 4. The van der Waals surface area contributed by atoms with E-state index in [1.54, 1.807) is 0 Å². The summed E-state index contributed by atoms with van der Waals surface area (Å²) in [4.78, 5) is 13.2. The minimum absolute atomic E-state index is 0. The highest BCUT2D eigenvalue weighted by Gasteiger charge is 2.22. The number of carbonyl (C=O) groups is 1. The Morgan fingerprint density at radius 3 is 2.46 bits per heavy atom. The molecule has 0 aliphatic carbocycles. The van der Waals surface area contributed by atoms with Gasteiger partial charge >= 0.3 is 0 Å². The Balaban J connectivity index is 0.00000196. The molecule has 0 radical (unpaired) electrons. The predicted octanol–water partition coefficient (Wildman–Crippen LogP) is 1.09. The van der Waals surface area contributed by atoms with E-state index in [-0.39, 0.29) is 18.2 Å². The maximum absolute atomic E-state index is 13.2. The van der Waals surface area contributed by atoms with Gasteiger partial charge in [-0.2, -0.15) is 4.57 Å². The van der Waals surface area contributed by atoms with Crippen molar-refractivity contribution < 1.29 is 21.8 Å². The first-order valence-corrected chi connectivity index (χ1v) is 8.38. The fraction of sp³-hybridized carbons (Fsp3) is 0.0909. The average Bonchev–Trinajstić information content (AvgIpc) is 3.04. The summed E-state index contributed by atoms with van der Waals surface area (Å²) in [5.74, 6) is 0.101. The number of Topliss-reactive ketones (excluding diaryl/α,β-unsaturated/α-hetero) is 1. The second kappa shape index (κ2) is 7.54. The average molecular weight is 363 g/mol. The van der Waals surface area contributed by atoms with Crippen LogP contribution < -0.4 is 17.0 Å². The molecule has 4 heteroatoms. The number of aromatic nitrogens is 2. The SMILES string of the molecule is Cc1cccc[n+]1CC(=O)c1c(-c2ccccc2)cc2ccccn12.[Cl-]. The monoisotopic (exact) mass is 362 g/mol. The first kappa shape index (κ1) is 17.9. The van der Waals surface area contributed by atoms with Gasteiger partial charge in [-0.3, -0.25) is 4.79 Å². The lowest BCUT2D eigenvalue weighted by Gasteiger charge is -2.06. The number of nitrogens with zero attached hydrogens (tertiary/aromatic N) is 2. The molecule has 0 spiro atoms. The fourth-order valence-electron chi connectivity index (χ4n) is 3.21. The maximum Gasteiger partial charge on any atom is 0.244 e. The molecule has 0 fully saturated rings. The van der Waals surface area contributed by atoms with Gasteiger partial charge in [-0.1, -0.05) is 42.5 Å². The van der Waals surface area contributed by atoms with E-state index >= 15 is 0 Å². The molecule has 0 bridgehead atoms. The van der Waals surface area contributed by atoms with Crippen LogP contribution in [0.25, 0.3) is 16.6 Å². The Hall–Kier alpha value is -2.91. The van der Waals surface area contributed by atoms with Crippen LogP contribution in [0, 0.1) is 6.92 Å². The summed E-state index contributed by atoms with van der Waals surface area (Å²) >= 11 is 0. The van der Waals surface area contributed by atoms with Crippen molar-refractivity contribution in [1.29, 1.82) is 0 Å². The molecule has 0 saturated heterocycles. The number of benzene rings is 1. The maximum atomic E-state index is 13.2. The van der Waals surface area contributed by atoms with Crippen LogP contribution in [0.5, 0.6) is 0 Å². The minimum atomic E-state index is 0. The summed E-state index contributed by atoms with van der Waals surface area (Å²) in [6.45, 7) is 2.34. The molecule has 0 N–H and O–H groups in total. The van der Waals surface area contributed by atoms with E-state index in [4.69, 9.17) is 0 Å². The Bertz CT molecular complexity index is 1050. The summed E-state index contributed by atoms with van der Waals surface area (Å²) in [7, 11) is 0. The number of pyridine rings is 2. The van der Waals surface area contributed by atoms with Crippen molar-refractivity contribution >= 4 is 11.3 Å². The van der Waals surface area contributed by atoms with E-state index in [9.17, 15) is 4.79 Å². The molecule has 0 saturated carbocycles. The third-order valence-electron chi connectivity index (χ3n) is 4.51. The summed E-state index contributed by atoms with van der Waals surface area (Å²) in [5.41, 5.74) is 4.87. The van der Waals surface area contributed by atoms with Gasteiger partial charge in [0.05, 0.1) is 0 Å². The lowest BCUT2D eigenvalue weighted by molar-refractivity contribution is -0.689. The Morgan fingerprint density at radius 1 is 0.962 bits per heavy atom. The molecule has 1 aromatic carbocycles. The highest BCUT2D eigenvalue weighted by Crippen LogP contribution is 2.28. The Kier molecular flexibility index (Phi) is 5.19. The first-order valence-electron chi connectivity index (χ1n) is 8.38. The molecule has 0 aliphatic rings. The standard InChI is InChI=1S/C22H19N2O.ClH/c1-17-9-5-7-13-23(17)16-21(25)22-20(18-10-3-2-4-11-18)15-19-12-6-8-14-24(19)22;/h2-15H,16H2,1H3;1H/q+1;/p-1. The normalized spacial score (nSPS) is 10.5. The molecule has 3 heterocycles. The zero-order valence-electron chi connectivity index (χ0n) is 14.5. The number of fused-ring (bicyclic) bond motifs is 1. The van der Waals surface area contributed by atoms with Crippen LogP contribution in [0.2, 0.25) is 0 Å². The van der Waals surface area contributed by atoms with Crippen LogP contribution in [0.3, 0.4) is 0 Å². The van der Waals surface area contributed by atoms with Crippen LogP contribution in [0.1, 0.15) is 16.2 Å². The van der Waals surface area contributed by atoms with Gasteiger partial charge in [0.1, 0.15) is 5.69 Å². The second-order valence-corrected chi connectivity index (χ2v) is 6.16. The summed E-state index contributed by atoms with van der Waals surface area (Å²) < 4.78 is 3.98. The molecule has 26 heavy (non-hydrogen) atoms. The van der Waals surface area contributed by atoms with Gasteiger partial charge in [-0.15, -0.1) is 0 Å². The van der Waals surface area contributed by atoms with Gasteiger partial charge < -0.3 is 16.8 Å². The molecule has 0 amide bonds. The van der Waals surface area contributed by atoms with Crippen molar-refractivity contribution in [3.05, 3.63) is 96.6 Å². The van der Waals surface area contributed by atoms with Crippen molar-refractivity contribution in [3.8, 4) is 11.1 Å². The Morgan fingerprint density at radius 2 is 1.69 bits per heavy atom. The van der Waals surface area contributed by atoms with E-state index in [0.717, 1.165) is 28.0 Å². The van der Waals surface area contributed by atoms with Crippen LogP contribution in [-0.4, -0.2) is 10.2 Å². The highest BCUT2D eigenvalue weighted by atomic mass is 35.5. The van der Waals surface area contributed by atoms with Gasteiger partial charge in [0.25, 0.3) is 0 Å². The van der Waals surface area contributed by atoms with E-state index in [2.05, 4.69) is 6.07 Å². The number of hydrogen-bond acceptors (Lipinski definition) is 1. The fourth-order valence-corrected chi connectivity index (χ4v) is 3.21. The van der Waals surface area contributed by atoms with Crippen LogP contribution >= 0.6 is 0 Å². The van der Waals surface area contributed by atoms with Gasteiger partial charge in [-0.05, 0) is 23.8 Å². The topological polar surface area (TPSA) is 25.4 Å². The Labute approximate surface area is 159 Å². The largest absolute Gasteiger partial charge is 1.00 e. The number of hydrogen-bond donors (Lipinski definition) is 0. The number of ketones is 1. The number of aryl methyl sites for hydroxylation is 1. The van der Waals surface area contributed by atoms with E-state index in [0.29, 0.717) is 6.54 Å². The predicted molar refractivity (Wildman–Crippen MR) is 98.5 cm³/mol. The van der Waals surface area contributed by atoms with Crippen molar-refractivity contribution in [3.63, 3.8) is 0 Å². The van der Waals surface area contributed by atoms with Gasteiger partial charge in [0.2, 0.25) is 12.3 Å². The molecular formula is C22H19ClN2O.